The number of nitriles is 1. The van der Waals surface area contributed by atoms with Gasteiger partial charge in [0, 0.05) is 0 Å². The van der Waals surface area contributed by atoms with E-state index < -0.39 is 5.91 Å². The second kappa shape index (κ2) is 8.18. The minimum atomic E-state index is -0.781. The van der Waals surface area contributed by atoms with Crippen molar-refractivity contribution in [2.24, 2.45) is 5.73 Å². The monoisotopic (exact) mass is 386 g/mol. The molecule has 0 radical (unpaired) electrons. The van der Waals surface area contributed by atoms with Gasteiger partial charge in [-0.05, 0) is 45.3 Å². The maximum atomic E-state index is 11.2. The van der Waals surface area contributed by atoms with Crippen molar-refractivity contribution >= 4 is 27.9 Å². The molecule has 2 aromatic rings. The van der Waals surface area contributed by atoms with Crippen LogP contribution in [-0.2, 0) is 11.4 Å². The van der Waals surface area contributed by atoms with Gasteiger partial charge in [0.25, 0.3) is 5.91 Å². The Morgan fingerprint density at radius 3 is 2.62 bits per heavy atom. The summed E-state index contributed by atoms with van der Waals surface area (Å²) in [4.78, 5) is 11.2. The predicted octanol–water partition coefficient (Wildman–Crippen LogP) is 3.43. The van der Waals surface area contributed by atoms with Crippen LogP contribution in [0.3, 0.4) is 0 Å². The number of methoxy groups -OCH3 is 1. The third-order valence-electron chi connectivity index (χ3n) is 3.17. The maximum absolute atomic E-state index is 11.2. The van der Waals surface area contributed by atoms with Crippen LogP contribution in [0.2, 0.25) is 0 Å². The molecule has 0 spiro atoms. The number of hydrogen-bond donors (Lipinski definition) is 1. The standard InChI is InChI=1S/C18H15BrN2O3/c1-23-16-9-13(7-14(10-20)18(21)22)8-15(19)17(16)24-11-12-5-3-2-4-6-12/h2-9H,11H2,1H3,(H2,21,22). The zero-order chi connectivity index (χ0) is 17.5. The van der Waals surface area contributed by atoms with Crippen molar-refractivity contribution < 1.29 is 14.3 Å². The molecule has 6 heteroatoms. The molecular formula is C18H15BrN2O3. The number of benzene rings is 2. The molecule has 0 atom stereocenters. The Morgan fingerprint density at radius 2 is 2.04 bits per heavy atom. The van der Waals surface area contributed by atoms with Crippen LogP contribution in [0.4, 0.5) is 0 Å². The van der Waals surface area contributed by atoms with Crippen molar-refractivity contribution in [3.05, 3.63) is 63.6 Å². The lowest BCUT2D eigenvalue weighted by Gasteiger charge is -2.13. The Bertz CT molecular complexity index is 811. The fourth-order valence-corrected chi connectivity index (χ4v) is 2.59. The van der Waals surface area contributed by atoms with Crippen LogP contribution in [0.25, 0.3) is 6.08 Å². The van der Waals surface area contributed by atoms with Gasteiger partial charge < -0.3 is 15.2 Å². The summed E-state index contributed by atoms with van der Waals surface area (Å²) in [6, 6.07) is 14.9. The van der Waals surface area contributed by atoms with Crippen LogP contribution in [0.5, 0.6) is 11.5 Å². The molecule has 2 aromatic carbocycles. The Morgan fingerprint density at radius 1 is 1.33 bits per heavy atom. The first kappa shape index (κ1) is 17.6. The number of nitrogens with two attached hydrogens (primary N) is 1. The number of hydrogen-bond acceptors (Lipinski definition) is 4. The molecule has 1 amide bonds. The molecule has 0 unspecified atom stereocenters. The third-order valence-corrected chi connectivity index (χ3v) is 3.76. The van der Waals surface area contributed by atoms with Gasteiger partial charge in [-0.25, -0.2) is 0 Å². The first-order chi connectivity index (χ1) is 11.5. The molecular weight excluding hydrogens is 372 g/mol. The molecule has 0 saturated carbocycles. The van der Waals surface area contributed by atoms with E-state index in [1.165, 1.54) is 13.2 Å². The van der Waals surface area contributed by atoms with Crippen LogP contribution in [0.1, 0.15) is 11.1 Å². The van der Waals surface area contributed by atoms with E-state index in [0.29, 0.717) is 28.1 Å². The SMILES string of the molecule is COc1cc(C=C(C#N)C(N)=O)cc(Br)c1OCc1ccccc1. The Hall–Kier alpha value is -2.78. The molecule has 0 bridgehead atoms. The Kier molecular flexibility index (Phi) is 5.99. The van der Waals surface area contributed by atoms with E-state index in [2.05, 4.69) is 15.9 Å². The number of carbonyl (C=O) groups is 1. The van der Waals surface area contributed by atoms with Crippen molar-refractivity contribution in [2.75, 3.05) is 7.11 Å². The van der Waals surface area contributed by atoms with Gasteiger partial charge in [-0.15, -0.1) is 0 Å². The molecule has 0 saturated heterocycles. The fraction of sp³-hybridized carbons (Fsp3) is 0.111. The average Bonchev–Trinajstić information content (AvgIpc) is 2.58. The number of rotatable bonds is 6. The molecule has 122 valence electrons. The normalized spacial score (nSPS) is 10.8. The quantitative estimate of drug-likeness (QED) is 0.608. The summed E-state index contributed by atoms with van der Waals surface area (Å²) < 4.78 is 11.8. The summed E-state index contributed by atoms with van der Waals surface area (Å²) in [6.45, 7) is 0.385. The summed E-state index contributed by atoms with van der Waals surface area (Å²) in [5.41, 5.74) is 6.63. The van der Waals surface area contributed by atoms with E-state index in [9.17, 15) is 4.79 Å². The predicted molar refractivity (Wildman–Crippen MR) is 94.3 cm³/mol. The summed E-state index contributed by atoms with van der Waals surface area (Å²) in [5.74, 6) is 0.237. The van der Waals surface area contributed by atoms with Gasteiger partial charge in [-0.2, -0.15) is 5.26 Å². The lowest BCUT2D eigenvalue weighted by Crippen LogP contribution is -2.12. The molecule has 5 nitrogen and oxygen atoms in total. The van der Waals surface area contributed by atoms with Crippen LogP contribution < -0.4 is 15.2 Å². The zero-order valence-corrected chi connectivity index (χ0v) is 14.5. The van der Waals surface area contributed by atoms with E-state index in [0.717, 1.165) is 5.56 Å². The number of nitrogens with zero attached hydrogens (tertiary/aromatic N) is 1. The molecule has 24 heavy (non-hydrogen) atoms. The highest BCUT2D eigenvalue weighted by molar-refractivity contribution is 9.10. The highest BCUT2D eigenvalue weighted by Crippen LogP contribution is 2.37. The minimum absolute atomic E-state index is 0.137. The van der Waals surface area contributed by atoms with Gasteiger partial charge in [0.2, 0.25) is 0 Å². The van der Waals surface area contributed by atoms with E-state index in [1.807, 2.05) is 30.3 Å². The molecule has 0 heterocycles. The number of ether oxygens (including phenoxy) is 2. The third kappa shape index (κ3) is 4.37. The van der Waals surface area contributed by atoms with Crippen molar-refractivity contribution in [1.29, 1.82) is 5.26 Å². The second-order valence-corrected chi connectivity index (χ2v) is 5.70. The van der Waals surface area contributed by atoms with Gasteiger partial charge in [0.05, 0.1) is 11.6 Å². The van der Waals surface area contributed by atoms with Crippen LogP contribution in [0, 0.1) is 11.3 Å². The van der Waals surface area contributed by atoms with Crippen molar-refractivity contribution in [3.8, 4) is 17.6 Å². The summed E-state index contributed by atoms with van der Waals surface area (Å²) in [5, 5.41) is 8.93. The van der Waals surface area contributed by atoms with Gasteiger partial charge in [-0.3, -0.25) is 4.79 Å². The van der Waals surface area contributed by atoms with Crippen LogP contribution >= 0.6 is 15.9 Å². The van der Waals surface area contributed by atoms with E-state index in [-0.39, 0.29) is 5.57 Å². The smallest absolute Gasteiger partial charge is 0.259 e. The minimum Gasteiger partial charge on any atom is -0.493 e. The first-order valence-corrected chi connectivity index (χ1v) is 7.80. The fourth-order valence-electron chi connectivity index (χ4n) is 2.02. The lowest BCUT2D eigenvalue weighted by atomic mass is 10.1. The molecule has 0 aliphatic rings. The van der Waals surface area contributed by atoms with Crippen molar-refractivity contribution in [3.63, 3.8) is 0 Å². The van der Waals surface area contributed by atoms with Gasteiger partial charge >= 0.3 is 0 Å². The lowest BCUT2D eigenvalue weighted by molar-refractivity contribution is -0.114. The molecule has 0 aliphatic heterocycles. The molecule has 2 N–H and O–H groups in total. The number of halogens is 1. The van der Waals surface area contributed by atoms with Gasteiger partial charge in [-0.1, -0.05) is 30.3 Å². The van der Waals surface area contributed by atoms with Crippen molar-refractivity contribution in [1.82, 2.24) is 0 Å². The highest BCUT2D eigenvalue weighted by atomic mass is 79.9. The Labute approximate surface area is 148 Å². The maximum Gasteiger partial charge on any atom is 0.259 e. The Balaban J connectivity index is 2.31. The molecule has 2 rings (SSSR count). The number of amides is 1. The molecule has 0 fully saturated rings. The van der Waals surface area contributed by atoms with E-state index in [4.69, 9.17) is 20.5 Å². The molecule has 0 aliphatic carbocycles. The van der Waals surface area contributed by atoms with Crippen LogP contribution in [-0.4, -0.2) is 13.0 Å². The number of carbonyl (C=O) groups excluding carboxylic acids is 1. The van der Waals surface area contributed by atoms with Gasteiger partial charge in [0.1, 0.15) is 18.2 Å². The summed E-state index contributed by atoms with van der Waals surface area (Å²) >= 11 is 3.43. The summed E-state index contributed by atoms with van der Waals surface area (Å²) in [6.07, 6.45) is 1.40. The highest BCUT2D eigenvalue weighted by Gasteiger charge is 2.13. The second-order valence-electron chi connectivity index (χ2n) is 4.84. The first-order valence-electron chi connectivity index (χ1n) is 7.01. The molecule has 0 aromatic heterocycles. The average molecular weight is 387 g/mol. The van der Waals surface area contributed by atoms with E-state index in [1.54, 1.807) is 18.2 Å². The number of primary amides is 1. The summed E-state index contributed by atoms with van der Waals surface area (Å²) in [7, 11) is 1.52. The van der Waals surface area contributed by atoms with Crippen molar-refractivity contribution in [2.45, 2.75) is 6.61 Å². The topological polar surface area (TPSA) is 85.3 Å². The zero-order valence-electron chi connectivity index (χ0n) is 13.0. The van der Waals surface area contributed by atoms with Gasteiger partial charge in [0.15, 0.2) is 11.5 Å². The largest absolute Gasteiger partial charge is 0.493 e. The van der Waals surface area contributed by atoms with E-state index >= 15 is 0 Å². The van der Waals surface area contributed by atoms with Crippen LogP contribution in [0.15, 0.2) is 52.5 Å².